The molecule has 1 fully saturated rings. The molecule has 4 rings (SSSR count). The molecule has 0 amide bonds. The van der Waals surface area contributed by atoms with Crippen molar-refractivity contribution in [3.8, 4) is 10.4 Å². The third-order valence-corrected chi connectivity index (χ3v) is 5.88. The second-order valence-corrected chi connectivity index (χ2v) is 7.46. The molecule has 122 valence electrons. The van der Waals surface area contributed by atoms with E-state index in [1.54, 1.807) is 22.7 Å². The second-order valence-electron chi connectivity index (χ2n) is 5.66. The van der Waals surface area contributed by atoms with Crippen LogP contribution in [0.3, 0.4) is 0 Å². The van der Waals surface area contributed by atoms with E-state index in [1.807, 2.05) is 22.9 Å². The number of aromatic amines is 1. The minimum Gasteiger partial charge on any atom is -0.309 e. The van der Waals surface area contributed by atoms with E-state index in [2.05, 4.69) is 14.9 Å². The third-order valence-electron chi connectivity index (χ3n) is 4.10. The number of piperidine rings is 1. The summed E-state index contributed by atoms with van der Waals surface area (Å²) in [4.78, 5) is 24.5. The van der Waals surface area contributed by atoms with Gasteiger partial charge in [0.25, 0.3) is 5.56 Å². The molecule has 0 unspecified atom stereocenters. The SMILES string of the molecule is Cl.O=c1[nH]c(CN2CCCCC2)nc2scc(-c3cccs3)c12. The number of thiophene rings is 2. The van der Waals surface area contributed by atoms with Gasteiger partial charge in [0, 0.05) is 15.8 Å². The summed E-state index contributed by atoms with van der Waals surface area (Å²) in [6.07, 6.45) is 3.80. The molecule has 0 aliphatic carbocycles. The van der Waals surface area contributed by atoms with Crippen molar-refractivity contribution in [2.24, 2.45) is 0 Å². The zero-order valence-electron chi connectivity index (χ0n) is 12.6. The number of hydrogen-bond acceptors (Lipinski definition) is 5. The van der Waals surface area contributed by atoms with Crippen LogP contribution in [0.25, 0.3) is 20.7 Å². The van der Waals surface area contributed by atoms with Gasteiger partial charge in [0.15, 0.2) is 0 Å². The molecule has 1 aliphatic heterocycles. The van der Waals surface area contributed by atoms with Crippen molar-refractivity contribution in [2.75, 3.05) is 13.1 Å². The van der Waals surface area contributed by atoms with Gasteiger partial charge in [0.1, 0.15) is 10.7 Å². The summed E-state index contributed by atoms with van der Waals surface area (Å²) in [7, 11) is 0. The molecule has 1 N–H and O–H groups in total. The highest BCUT2D eigenvalue weighted by Crippen LogP contribution is 2.33. The van der Waals surface area contributed by atoms with Gasteiger partial charge < -0.3 is 4.98 Å². The first-order valence-corrected chi connectivity index (χ1v) is 9.34. The van der Waals surface area contributed by atoms with E-state index < -0.39 is 0 Å². The quantitative estimate of drug-likeness (QED) is 0.757. The van der Waals surface area contributed by atoms with Crippen LogP contribution >= 0.6 is 35.1 Å². The summed E-state index contributed by atoms with van der Waals surface area (Å²) in [6.45, 7) is 2.96. The van der Waals surface area contributed by atoms with Crippen LogP contribution < -0.4 is 5.56 Å². The molecule has 0 aromatic carbocycles. The summed E-state index contributed by atoms with van der Waals surface area (Å²) in [5, 5.41) is 4.81. The third kappa shape index (κ3) is 3.35. The fourth-order valence-electron chi connectivity index (χ4n) is 3.01. The zero-order chi connectivity index (χ0) is 14.9. The Morgan fingerprint density at radius 3 is 2.78 bits per heavy atom. The Bertz CT molecular complexity index is 835. The van der Waals surface area contributed by atoms with Crippen molar-refractivity contribution in [1.82, 2.24) is 14.9 Å². The van der Waals surface area contributed by atoms with Crippen LogP contribution in [-0.2, 0) is 6.54 Å². The van der Waals surface area contributed by atoms with Crippen LogP contribution in [-0.4, -0.2) is 28.0 Å². The Morgan fingerprint density at radius 2 is 2.04 bits per heavy atom. The van der Waals surface area contributed by atoms with Gasteiger partial charge in [0.2, 0.25) is 0 Å². The smallest absolute Gasteiger partial charge is 0.260 e. The standard InChI is InChI=1S/C16H17N3OS2.ClH/c20-15-14-11(12-5-4-8-21-12)10-22-16(14)18-13(17-15)9-19-6-2-1-3-7-19;/h4-5,8,10H,1-3,6-7,9H2,(H,17,18,20);1H. The maximum absolute atomic E-state index is 12.5. The Labute approximate surface area is 148 Å². The number of fused-ring (bicyclic) bond motifs is 1. The molecule has 3 aromatic rings. The number of nitrogens with one attached hydrogen (secondary N) is 1. The Morgan fingerprint density at radius 1 is 1.22 bits per heavy atom. The van der Waals surface area contributed by atoms with Crippen molar-refractivity contribution in [1.29, 1.82) is 0 Å². The van der Waals surface area contributed by atoms with Crippen molar-refractivity contribution in [3.63, 3.8) is 0 Å². The molecule has 1 aliphatic rings. The van der Waals surface area contributed by atoms with E-state index in [0.717, 1.165) is 46.1 Å². The van der Waals surface area contributed by atoms with Gasteiger partial charge in [0.05, 0.1) is 11.9 Å². The molecule has 0 bridgehead atoms. The highest BCUT2D eigenvalue weighted by molar-refractivity contribution is 7.18. The minimum atomic E-state index is -0.0124. The van der Waals surface area contributed by atoms with E-state index in [9.17, 15) is 4.79 Å². The first-order chi connectivity index (χ1) is 10.8. The van der Waals surface area contributed by atoms with Crippen LogP contribution in [0.1, 0.15) is 25.1 Å². The van der Waals surface area contributed by atoms with Gasteiger partial charge in [-0.25, -0.2) is 4.98 Å². The normalized spacial score (nSPS) is 15.7. The molecule has 4 nitrogen and oxygen atoms in total. The predicted octanol–water partition coefficient (Wildman–Crippen LogP) is 4.12. The zero-order valence-corrected chi connectivity index (χ0v) is 15.0. The van der Waals surface area contributed by atoms with Gasteiger partial charge in [-0.1, -0.05) is 12.5 Å². The largest absolute Gasteiger partial charge is 0.309 e. The Balaban J connectivity index is 0.00000156. The molecule has 4 heterocycles. The van der Waals surface area contributed by atoms with E-state index in [4.69, 9.17) is 0 Å². The first kappa shape index (κ1) is 16.6. The lowest BCUT2D eigenvalue weighted by molar-refractivity contribution is 0.216. The van der Waals surface area contributed by atoms with Crippen LogP contribution in [0, 0.1) is 0 Å². The highest BCUT2D eigenvalue weighted by Gasteiger charge is 2.16. The Kier molecular flexibility index (Phi) is 5.16. The summed E-state index contributed by atoms with van der Waals surface area (Å²) < 4.78 is 0. The van der Waals surface area contributed by atoms with E-state index in [-0.39, 0.29) is 18.0 Å². The molecule has 3 aromatic heterocycles. The number of aromatic nitrogens is 2. The van der Waals surface area contributed by atoms with Crippen molar-refractivity contribution in [2.45, 2.75) is 25.8 Å². The lowest BCUT2D eigenvalue weighted by Crippen LogP contribution is -2.30. The average molecular weight is 368 g/mol. The lowest BCUT2D eigenvalue weighted by atomic mass is 10.1. The Hall–Kier alpha value is -1.21. The van der Waals surface area contributed by atoms with Crippen LogP contribution in [0.4, 0.5) is 0 Å². The summed E-state index contributed by atoms with van der Waals surface area (Å²) >= 11 is 3.21. The molecule has 0 atom stereocenters. The van der Waals surface area contributed by atoms with Crippen LogP contribution in [0.2, 0.25) is 0 Å². The molecule has 7 heteroatoms. The van der Waals surface area contributed by atoms with E-state index >= 15 is 0 Å². The molecular formula is C16H18ClN3OS2. The number of H-pyrrole nitrogens is 1. The summed E-state index contributed by atoms with van der Waals surface area (Å²) in [5.41, 5.74) is 0.995. The van der Waals surface area contributed by atoms with Crippen molar-refractivity contribution in [3.05, 3.63) is 39.1 Å². The monoisotopic (exact) mass is 367 g/mol. The minimum absolute atomic E-state index is 0. The fourth-order valence-corrected chi connectivity index (χ4v) is 4.79. The van der Waals surface area contributed by atoms with Crippen LogP contribution in [0.5, 0.6) is 0 Å². The van der Waals surface area contributed by atoms with Gasteiger partial charge in [-0.15, -0.1) is 35.1 Å². The van der Waals surface area contributed by atoms with Crippen molar-refractivity contribution >= 4 is 45.3 Å². The molecule has 0 saturated carbocycles. The highest BCUT2D eigenvalue weighted by atomic mass is 35.5. The average Bonchev–Trinajstić information content (AvgIpc) is 3.16. The number of halogens is 1. The molecule has 0 radical (unpaired) electrons. The van der Waals surface area contributed by atoms with Gasteiger partial charge >= 0.3 is 0 Å². The van der Waals surface area contributed by atoms with E-state index in [1.165, 1.54) is 19.3 Å². The molecular weight excluding hydrogens is 350 g/mol. The van der Waals surface area contributed by atoms with E-state index in [0.29, 0.717) is 0 Å². The van der Waals surface area contributed by atoms with Gasteiger partial charge in [-0.2, -0.15) is 0 Å². The second kappa shape index (κ2) is 7.13. The fraction of sp³-hybridized carbons (Fsp3) is 0.375. The first-order valence-electron chi connectivity index (χ1n) is 7.58. The van der Waals surface area contributed by atoms with Crippen LogP contribution in [0.15, 0.2) is 27.7 Å². The topological polar surface area (TPSA) is 49.0 Å². The number of nitrogens with zero attached hydrogens (tertiary/aromatic N) is 2. The van der Waals surface area contributed by atoms with Gasteiger partial charge in [-0.3, -0.25) is 9.69 Å². The molecule has 0 spiro atoms. The number of rotatable bonds is 3. The van der Waals surface area contributed by atoms with Crippen molar-refractivity contribution < 1.29 is 0 Å². The number of likely N-dealkylation sites (tertiary alicyclic amines) is 1. The molecule has 1 saturated heterocycles. The van der Waals surface area contributed by atoms with Gasteiger partial charge in [-0.05, 0) is 37.4 Å². The number of hydrogen-bond donors (Lipinski definition) is 1. The molecule has 23 heavy (non-hydrogen) atoms. The summed E-state index contributed by atoms with van der Waals surface area (Å²) in [5.74, 6) is 0.791. The maximum Gasteiger partial charge on any atom is 0.260 e. The lowest BCUT2D eigenvalue weighted by Gasteiger charge is -2.25. The summed E-state index contributed by atoms with van der Waals surface area (Å²) in [6, 6.07) is 4.06. The predicted molar refractivity (Wildman–Crippen MR) is 99.9 cm³/mol. The maximum atomic E-state index is 12.5.